The van der Waals surface area contributed by atoms with Crippen molar-refractivity contribution in [3.63, 3.8) is 0 Å². The Balaban J connectivity index is 1.06. The number of hydrogen-bond acceptors (Lipinski definition) is 5. The molecule has 0 spiro atoms. The Morgan fingerprint density at radius 2 is 1.54 bits per heavy atom. The third-order valence-corrected chi connectivity index (χ3v) is 9.28. The molecular formula is C31H33N5O2S. The second kappa shape index (κ2) is 10.8. The molecule has 0 unspecified atom stereocenters. The van der Waals surface area contributed by atoms with Gasteiger partial charge in [0, 0.05) is 24.2 Å². The summed E-state index contributed by atoms with van der Waals surface area (Å²) in [6, 6.07) is 25.4. The number of anilines is 1. The van der Waals surface area contributed by atoms with Gasteiger partial charge in [0.05, 0.1) is 10.4 Å². The monoisotopic (exact) mass is 539 g/mol. The Hall–Kier alpha value is -3.75. The molecule has 39 heavy (non-hydrogen) atoms. The molecular weight excluding hydrogens is 506 g/mol. The molecule has 1 aliphatic carbocycles. The molecule has 6 rings (SSSR count). The average molecular weight is 540 g/mol. The number of benzene rings is 3. The average Bonchev–Trinajstić information content (AvgIpc) is 3.40. The summed E-state index contributed by atoms with van der Waals surface area (Å²) >= 11 is 0. The molecule has 2 aromatic heterocycles. The number of hydrogen-bond donors (Lipinski definition) is 3. The first-order valence-electron chi connectivity index (χ1n) is 13.6. The third kappa shape index (κ3) is 5.53. The van der Waals surface area contributed by atoms with E-state index in [0.717, 1.165) is 76.9 Å². The first kappa shape index (κ1) is 25.5. The van der Waals surface area contributed by atoms with Crippen molar-refractivity contribution in [2.45, 2.75) is 37.5 Å². The molecule has 3 N–H and O–H groups in total. The fourth-order valence-corrected chi connectivity index (χ4v) is 6.99. The van der Waals surface area contributed by atoms with Crippen molar-refractivity contribution in [1.29, 1.82) is 0 Å². The number of H-pyrrole nitrogens is 1. The van der Waals surface area contributed by atoms with Crippen LogP contribution in [0.5, 0.6) is 0 Å². The minimum Gasteiger partial charge on any atom is -0.368 e. The largest absolute Gasteiger partial charge is 0.368 e. The van der Waals surface area contributed by atoms with Crippen LogP contribution in [0.25, 0.3) is 33.1 Å². The van der Waals surface area contributed by atoms with E-state index in [9.17, 15) is 8.42 Å². The lowest BCUT2D eigenvalue weighted by atomic mass is 9.82. The van der Waals surface area contributed by atoms with E-state index in [0.29, 0.717) is 23.3 Å². The van der Waals surface area contributed by atoms with Gasteiger partial charge >= 0.3 is 0 Å². The van der Waals surface area contributed by atoms with Crippen LogP contribution >= 0.6 is 0 Å². The molecule has 0 aliphatic heterocycles. The lowest BCUT2D eigenvalue weighted by Crippen LogP contribution is -2.32. The van der Waals surface area contributed by atoms with Gasteiger partial charge < -0.3 is 10.3 Å². The van der Waals surface area contributed by atoms with E-state index in [-0.39, 0.29) is 0 Å². The number of aromatic nitrogens is 3. The number of rotatable bonds is 8. The van der Waals surface area contributed by atoms with Crippen LogP contribution in [-0.2, 0) is 10.0 Å². The van der Waals surface area contributed by atoms with Crippen LogP contribution in [0.15, 0.2) is 83.8 Å². The first-order chi connectivity index (χ1) is 19.0. The molecule has 1 saturated carbocycles. The minimum absolute atomic E-state index is 0.343. The van der Waals surface area contributed by atoms with Crippen LogP contribution in [-0.4, -0.2) is 36.5 Å². The Labute approximate surface area is 229 Å². The SMILES string of the molecule is Cc1nc(NCC2CCC(CNS(=O)(=O)c3cccc4ccccc34)CC2)c2[nH]c(-c3ccccc3)cc2n1. The molecule has 5 aromatic rings. The van der Waals surface area contributed by atoms with Crippen molar-refractivity contribution in [2.24, 2.45) is 11.8 Å². The van der Waals surface area contributed by atoms with E-state index in [4.69, 9.17) is 0 Å². The fourth-order valence-electron chi connectivity index (χ4n) is 5.65. The Kier molecular flexibility index (Phi) is 7.06. The van der Waals surface area contributed by atoms with Gasteiger partial charge in [-0.2, -0.15) is 0 Å². The highest BCUT2D eigenvalue weighted by atomic mass is 32.2. The predicted octanol–water partition coefficient (Wildman–Crippen LogP) is 6.28. The van der Waals surface area contributed by atoms with Crippen molar-refractivity contribution >= 4 is 37.6 Å². The summed E-state index contributed by atoms with van der Waals surface area (Å²) in [5, 5.41) is 5.27. The van der Waals surface area contributed by atoms with Crippen molar-refractivity contribution in [1.82, 2.24) is 19.7 Å². The van der Waals surface area contributed by atoms with Gasteiger partial charge in [-0.05, 0) is 67.5 Å². The lowest BCUT2D eigenvalue weighted by molar-refractivity contribution is 0.284. The van der Waals surface area contributed by atoms with Gasteiger partial charge in [-0.25, -0.2) is 23.1 Å². The molecule has 8 heteroatoms. The number of nitrogens with zero attached hydrogens (tertiary/aromatic N) is 2. The number of fused-ring (bicyclic) bond motifs is 2. The zero-order valence-electron chi connectivity index (χ0n) is 22.0. The molecule has 2 heterocycles. The second-order valence-corrected chi connectivity index (χ2v) is 12.3. The molecule has 7 nitrogen and oxygen atoms in total. The van der Waals surface area contributed by atoms with E-state index in [2.05, 4.69) is 43.2 Å². The summed E-state index contributed by atoms with van der Waals surface area (Å²) in [6.45, 7) is 3.23. The zero-order chi connectivity index (χ0) is 26.8. The van der Waals surface area contributed by atoms with E-state index in [1.165, 1.54) is 0 Å². The van der Waals surface area contributed by atoms with Crippen molar-refractivity contribution in [2.75, 3.05) is 18.4 Å². The molecule has 1 fully saturated rings. The van der Waals surface area contributed by atoms with Crippen molar-refractivity contribution in [3.05, 3.63) is 84.7 Å². The topological polar surface area (TPSA) is 99.8 Å². The van der Waals surface area contributed by atoms with E-state index in [1.54, 1.807) is 12.1 Å². The Morgan fingerprint density at radius 3 is 2.33 bits per heavy atom. The molecule has 0 saturated heterocycles. The van der Waals surface area contributed by atoms with Gasteiger partial charge in [0.2, 0.25) is 10.0 Å². The molecule has 0 bridgehead atoms. The van der Waals surface area contributed by atoms with Crippen LogP contribution in [0.3, 0.4) is 0 Å². The van der Waals surface area contributed by atoms with Crippen molar-refractivity contribution < 1.29 is 8.42 Å². The van der Waals surface area contributed by atoms with Gasteiger partial charge in [0.1, 0.15) is 11.3 Å². The number of nitrogens with one attached hydrogen (secondary N) is 3. The van der Waals surface area contributed by atoms with Crippen LogP contribution in [0.2, 0.25) is 0 Å². The normalized spacial score (nSPS) is 18.0. The highest BCUT2D eigenvalue weighted by Crippen LogP contribution is 2.31. The predicted molar refractivity (Wildman–Crippen MR) is 157 cm³/mol. The summed E-state index contributed by atoms with van der Waals surface area (Å²) in [5.74, 6) is 2.44. The van der Waals surface area contributed by atoms with Crippen LogP contribution in [0, 0.1) is 18.8 Å². The standard InChI is InChI=1S/C31H33N5O2S/c1-21-34-28-18-27(25-9-3-2-4-10-25)36-30(28)31(35-21)32-19-22-14-16-23(17-15-22)20-33-39(37,38)29-13-7-11-24-8-5-6-12-26(24)29/h2-13,18,22-23,33,36H,14-17,19-20H2,1H3,(H,32,34,35). The summed E-state index contributed by atoms with van der Waals surface area (Å²) in [5.41, 5.74) is 3.98. The maximum atomic E-state index is 13.1. The highest BCUT2D eigenvalue weighted by Gasteiger charge is 2.24. The first-order valence-corrected chi connectivity index (χ1v) is 15.1. The van der Waals surface area contributed by atoms with Crippen molar-refractivity contribution in [3.8, 4) is 11.3 Å². The molecule has 3 aromatic carbocycles. The quantitative estimate of drug-likeness (QED) is 0.215. The third-order valence-electron chi connectivity index (χ3n) is 7.80. The van der Waals surface area contributed by atoms with Crippen LogP contribution in [0.1, 0.15) is 31.5 Å². The fraction of sp³-hybridized carbons (Fsp3) is 0.290. The number of sulfonamides is 1. The highest BCUT2D eigenvalue weighted by molar-refractivity contribution is 7.89. The number of aryl methyl sites for hydroxylation is 1. The summed E-state index contributed by atoms with van der Waals surface area (Å²) < 4.78 is 29.1. The molecule has 0 atom stereocenters. The number of aromatic amines is 1. The van der Waals surface area contributed by atoms with Gasteiger partial charge in [-0.1, -0.05) is 66.7 Å². The molecule has 0 radical (unpaired) electrons. The van der Waals surface area contributed by atoms with E-state index >= 15 is 0 Å². The van der Waals surface area contributed by atoms with Gasteiger partial charge in [0.25, 0.3) is 0 Å². The Morgan fingerprint density at radius 1 is 0.846 bits per heavy atom. The van der Waals surface area contributed by atoms with Gasteiger partial charge in [0.15, 0.2) is 5.82 Å². The summed E-state index contributed by atoms with van der Waals surface area (Å²) in [4.78, 5) is 13.2. The smallest absolute Gasteiger partial charge is 0.241 e. The van der Waals surface area contributed by atoms with Crippen LogP contribution in [0.4, 0.5) is 5.82 Å². The molecule has 1 aliphatic rings. The van der Waals surface area contributed by atoms with Crippen LogP contribution < -0.4 is 10.0 Å². The summed E-state index contributed by atoms with van der Waals surface area (Å²) in [7, 11) is -3.57. The van der Waals surface area contributed by atoms with E-state index in [1.807, 2.05) is 55.5 Å². The maximum Gasteiger partial charge on any atom is 0.241 e. The van der Waals surface area contributed by atoms with E-state index < -0.39 is 10.0 Å². The summed E-state index contributed by atoms with van der Waals surface area (Å²) in [6.07, 6.45) is 4.12. The lowest BCUT2D eigenvalue weighted by Gasteiger charge is -2.29. The molecule has 0 amide bonds. The Bertz CT molecular complexity index is 1700. The zero-order valence-corrected chi connectivity index (χ0v) is 22.8. The second-order valence-electron chi connectivity index (χ2n) is 10.5. The molecule has 200 valence electrons. The maximum absolute atomic E-state index is 13.1. The van der Waals surface area contributed by atoms with Gasteiger partial charge in [-0.3, -0.25) is 0 Å². The van der Waals surface area contributed by atoms with Gasteiger partial charge in [-0.15, -0.1) is 0 Å². The minimum atomic E-state index is -3.57.